The van der Waals surface area contributed by atoms with Gasteiger partial charge in [-0.2, -0.15) is 0 Å². The molecule has 8 aromatic heterocycles. The van der Waals surface area contributed by atoms with Crippen molar-refractivity contribution in [2.75, 3.05) is 19.6 Å². The zero-order chi connectivity index (χ0) is 72.7. The molecule has 108 heavy (non-hydrogen) atoms. The number of rotatable bonds is 12. The number of hydrogen-bond donors (Lipinski definition) is 0. The molecule has 0 saturated heterocycles. The van der Waals surface area contributed by atoms with E-state index in [0.717, 1.165) is 232 Å². The Kier molecular flexibility index (Phi) is 14.4. The van der Waals surface area contributed by atoms with E-state index in [9.17, 15) is 0 Å². The minimum absolute atomic E-state index is 0.767. The molecule has 0 radical (unpaired) electrons. The smallest absolute Gasteiger partial charge is 0.116 e. The first kappa shape index (κ1) is 63.3. The maximum Gasteiger partial charge on any atom is 0.116 e. The lowest BCUT2D eigenvalue weighted by atomic mass is 9.88. The fourth-order valence-corrected chi connectivity index (χ4v) is 16.6. The number of nitrogens with zero attached hydrogens (tertiary/aromatic N) is 20. The summed E-state index contributed by atoms with van der Waals surface area (Å²) in [5.74, 6) is 0. The van der Waals surface area contributed by atoms with E-state index in [1.165, 1.54) is 0 Å². The summed E-state index contributed by atoms with van der Waals surface area (Å²) in [5.41, 5.74) is 24.2. The Hall–Kier alpha value is -14.4. The molecule has 0 saturated carbocycles. The zero-order valence-electron chi connectivity index (χ0n) is 59.9. The van der Waals surface area contributed by atoms with E-state index >= 15 is 0 Å². The van der Waals surface area contributed by atoms with Crippen LogP contribution in [0.4, 0.5) is 68.2 Å². The number of anilines is 12. The summed E-state index contributed by atoms with van der Waals surface area (Å²) in [6, 6.07) is 47.8. The van der Waals surface area contributed by atoms with Crippen LogP contribution in [-0.2, 0) is 0 Å². The van der Waals surface area contributed by atoms with Crippen LogP contribution in [0.1, 0.15) is 44.5 Å². The fourth-order valence-electron chi connectivity index (χ4n) is 16.6. The van der Waals surface area contributed by atoms with Crippen LogP contribution in [0.3, 0.4) is 0 Å². The molecule has 20 rings (SSSR count). The third kappa shape index (κ3) is 9.62. The van der Waals surface area contributed by atoms with Crippen molar-refractivity contribution in [3.63, 3.8) is 0 Å². The van der Waals surface area contributed by atoms with Gasteiger partial charge in [0.05, 0.1) is 112 Å². The van der Waals surface area contributed by atoms with Gasteiger partial charge in [-0.1, -0.05) is 72.8 Å². The first-order valence-corrected chi connectivity index (χ1v) is 35.5. The van der Waals surface area contributed by atoms with Crippen LogP contribution in [-0.4, -0.2) is 79.7 Å². The number of benzene rings is 12. The molecular formula is C88H62N20. The van der Waals surface area contributed by atoms with Crippen LogP contribution in [0.2, 0.25) is 0 Å². The van der Waals surface area contributed by atoms with Crippen molar-refractivity contribution in [2.24, 2.45) is 0 Å². The molecule has 0 unspecified atom stereocenters. The first-order valence-electron chi connectivity index (χ1n) is 35.5. The highest BCUT2D eigenvalue weighted by Gasteiger charge is 2.35. The molecule has 20 nitrogen and oxygen atoms in total. The molecule has 0 atom stereocenters. The van der Waals surface area contributed by atoms with Gasteiger partial charge in [0.25, 0.3) is 0 Å². The molecule has 0 aliphatic rings. The third-order valence-electron chi connectivity index (χ3n) is 21.5. The summed E-state index contributed by atoms with van der Waals surface area (Å²) in [7, 11) is 0. The molecule has 20 aromatic rings. The summed E-state index contributed by atoms with van der Waals surface area (Å²) in [5, 5.41) is 12.2. The second kappa shape index (κ2) is 24.6. The summed E-state index contributed by atoms with van der Waals surface area (Å²) < 4.78 is 0. The Labute approximate surface area is 617 Å². The summed E-state index contributed by atoms with van der Waals surface area (Å²) in [4.78, 5) is 88.1. The van der Waals surface area contributed by atoms with Crippen molar-refractivity contribution in [3.05, 3.63) is 278 Å². The molecule has 514 valence electrons. The molecule has 0 N–H and O–H groups in total. The number of aryl methyl sites for hydroxylation is 8. The van der Waals surface area contributed by atoms with E-state index < -0.39 is 0 Å². The lowest BCUT2D eigenvalue weighted by Gasteiger charge is -2.37. The molecule has 0 spiro atoms. The van der Waals surface area contributed by atoms with Gasteiger partial charge in [0.1, 0.15) is 50.6 Å². The predicted molar refractivity (Wildman–Crippen MR) is 432 cm³/mol. The van der Waals surface area contributed by atoms with Crippen LogP contribution >= 0.6 is 0 Å². The van der Waals surface area contributed by atoms with E-state index in [-0.39, 0.29) is 0 Å². The van der Waals surface area contributed by atoms with Crippen molar-refractivity contribution in [1.82, 2.24) is 79.7 Å². The monoisotopic (exact) mass is 1400 g/mol. The van der Waals surface area contributed by atoms with Gasteiger partial charge >= 0.3 is 0 Å². The Morgan fingerprint density at radius 3 is 0.472 bits per heavy atom. The largest absolute Gasteiger partial charge is 0.308 e. The van der Waals surface area contributed by atoms with Crippen LogP contribution in [0.25, 0.3) is 120 Å². The predicted octanol–water partition coefficient (Wildman–Crippen LogP) is 20.5. The van der Waals surface area contributed by atoms with Crippen molar-refractivity contribution in [3.8, 4) is 0 Å². The van der Waals surface area contributed by atoms with E-state index in [1.54, 1.807) is 50.6 Å². The van der Waals surface area contributed by atoms with E-state index in [1.807, 2.05) is 49.6 Å². The van der Waals surface area contributed by atoms with Crippen LogP contribution in [0.5, 0.6) is 0 Å². The van der Waals surface area contributed by atoms with Crippen molar-refractivity contribution < 1.29 is 0 Å². The van der Waals surface area contributed by atoms with Crippen molar-refractivity contribution in [2.45, 2.75) is 55.4 Å². The van der Waals surface area contributed by atoms with Crippen molar-refractivity contribution >= 4 is 188 Å². The minimum atomic E-state index is 0.767. The Morgan fingerprint density at radius 2 is 0.324 bits per heavy atom. The lowest BCUT2D eigenvalue weighted by molar-refractivity contribution is 1.18. The first-order chi connectivity index (χ1) is 52.9. The zero-order valence-corrected chi connectivity index (χ0v) is 59.9. The van der Waals surface area contributed by atoms with E-state index in [0.29, 0.717) is 0 Å². The van der Waals surface area contributed by atoms with Crippen molar-refractivity contribution in [1.29, 1.82) is 0 Å². The molecule has 12 aromatic carbocycles. The van der Waals surface area contributed by atoms with Gasteiger partial charge in [-0.05, 0) is 161 Å². The summed E-state index contributed by atoms with van der Waals surface area (Å²) in [6.07, 6.45) is 28.3. The van der Waals surface area contributed by atoms with E-state index in [2.05, 4.69) is 208 Å². The maximum atomic E-state index is 4.99. The molecule has 0 fully saturated rings. The molecule has 0 bridgehead atoms. The highest BCUT2D eigenvalue weighted by atomic mass is 15.2. The topological polar surface area (TPSA) is 219 Å². The van der Waals surface area contributed by atoms with Gasteiger partial charge in [0, 0.05) is 125 Å². The molecule has 0 amide bonds. The maximum absolute atomic E-state index is 4.99. The van der Waals surface area contributed by atoms with Gasteiger partial charge in [0.15, 0.2) is 0 Å². The van der Waals surface area contributed by atoms with Gasteiger partial charge < -0.3 is 19.6 Å². The van der Waals surface area contributed by atoms with E-state index in [4.69, 9.17) is 79.7 Å². The van der Waals surface area contributed by atoms with Gasteiger partial charge in [-0.15, -0.1) is 0 Å². The molecule has 0 aliphatic heterocycles. The minimum Gasteiger partial charge on any atom is -0.308 e. The number of fused-ring (bicyclic) bond motifs is 8. The second-order valence-electron chi connectivity index (χ2n) is 27.7. The normalized spacial score (nSPS) is 11.9. The molecular weight excluding hydrogens is 1340 g/mol. The number of aromatic nitrogens is 16. The number of hydrogen-bond acceptors (Lipinski definition) is 20. The highest BCUT2D eigenvalue weighted by Crippen LogP contribution is 2.60. The van der Waals surface area contributed by atoms with Gasteiger partial charge in [-0.3, -0.25) is 0 Å². The standard InChI is InChI=1S/C88H62N20/c1-47-9-21-67-59(31-89-39-97-67)81(47)105(82-48(2)10-22-68-60(82)32-90-40-98-68)75-29-76(106(83-49(3)11-23-69-61(83)33-91-41-99-69)84-50(4)12-24-70-62(84)34-92-42-100-70)56-19-20-58-78(108(87-53(7)15-27-73-65(87)37-95-45-103-73)88-54(8)16-28-74-66(88)38-96-46-104-74)30-77(57-18-17-55(75)79(56)80(57)58)107(85-51(5)13-25-71-63(85)35-93-43-101-71)86-52(6)14-26-72-64(86)36-94-44-102-72/h9-46H,1-8H3. The highest BCUT2D eigenvalue weighted by molar-refractivity contribution is 6.34. The molecule has 8 heterocycles. The Morgan fingerprint density at radius 1 is 0.176 bits per heavy atom. The van der Waals surface area contributed by atoms with Gasteiger partial charge in [0.2, 0.25) is 0 Å². The van der Waals surface area contributed by atoms with Crippen LogP contribution in [0.15, 0.2) is 234 Å². The SMILES string of the molecule is Cc1ccc2ncncc2c1N(c1c(C)ccc2ncncc12)c1cc(N(c2c(C)ccc3ncncc23)c2c(C)ccc3ncncc23)c2ccc3c(N(c4c(C)ccc5ncncc45)c4c(C)ccc5ncncc45)cc(N(c4c(C)ccc5ncncc45)c4c(C)ccc5ncncc45)c4ccc1c2c43. The Bertz CT molecular complexity index is 6010. The second-order valence-corrected chi connectivity index (χ2v) is 27.7. The van der Waals surface area contributed by atoms with Crippen LogP contribution < -0.4 is 19.6 Å². The van der Waals surface area contributed by atoms with Crippen LogP contribution in [0, 0.1) is 55.4 Å². The average molecular weight is 1400 g/mol. The van der Waals surface area contributed by atoms with Gasteiger partial charge in [-0.25, -0.2) is 79.7 Å². The quantitative estimate of drug-likeness (QED) is 0.104. The molecule has 0 aliphatic carbocycles. The fraction of sp³-hybridized carbons (Fsp3) is 0.0909. The average Bonchev–Trinajstić information content (AvgIpc) is 0.690. The Balaban J connectivity index is 1.07. The molecule has 20 heteroatoms. The summed E-state index contributed by atoms with van der Waals surface area (Å²) >= 11 is 0. The lowest BCUT2D eigenvalue weighted by Crippen LogP contribution is -2.19. The summed E-state index contributed by atoms with van der Waals surface area (Å²) in [6.45, 7) is 17.3. The third-order valence-corrected chi connectivity index (χ3v) is 21.5.